The number of amides is 1. The lowest BCUT2D eigenvalue weighted by Gasteiger charge is -2.34. The van der Waals surface area contributed by atoms with Gasteiger partial charge in [0, 0.05) is 44.9 Å². The van der Waals surface area contributed by atoms with Gasteiger partial charge in [0.05, 0.1) is 17.8 Å². The number of imidazole rings is 1. The maximum absolute atomic E-state index is 12.7. The van der Waals surface area contributed by atoms with Crippen LogP contribution in [0.4, 0.5) is 22.2 Å². The van der Waals surface area contributed by atoms with Gasteiger partial charge in [0.1, 0.15) is 5.75 Å². The van der Waals surface area contributed by atoms with E-state index in [1.807, 2.05) is 22.8 Å². The molecule has 2 aromatic heterocycles. The SMILES string of the molecule is CCCCC(CC)CNc1nc(N2CCN(C(=O)Oc3ccccc3)CC2)nc2c1ncn2Cc1ccc([N+](=O)[O-])cc1. The Labute approximate surface area is 250 Å². The molecule has 12 nitrogen and oxygen atoms in total. The third-order valence-corrected chi connectivity index (χ3v) is 7.82. The molecule has 43 heavy (non-hydrogen) atoms. The molecule has 0 bridgehead atoms. The second-order valence-corrected chi connectivity index (χ2v) is 10.8. The highest BCUT2D eigenvalue weighted by Gasteiger charge is 2.26. The van der Waals surface area contributed by atoms with Gasteiger partial charge in [-0.05, 0) is 30.0 Å². The molecule has 0 saturated carbocycles. The number of rotatable bonds is 12. The van der Waals surface area contributed by atoms with E-state index < -0.39 is 4.92 Å². The fourth-order valence-corrected chi connectivity index (χ4v) is 5.16. The standard InChI is InChI=1S/C31H38N8O4/c1-3-5-9-23(4-2)20-32-28-27-29(38(22-33-27)21-24-12-14-25(15-13-24)39(41)42)35-30(34-28)36-16-18-37(19-17-36)31(40)43-26-10-7-6-8-11-26/h6-8,10-15,22-23H,3-5,9,16-21H2,1-2H3,(H,32,34,35). The molecule has 3 heterocycles. The lowest BCUT2D eigenvalue weighted by molar-refractivity contribution is -0.384. The van der Waals surface area contributed by atoms with Crippen LogP contribution in [0.2, 0.25) is 0 Å². The van der Waals surface area contributed by atoms with Gasteiger partial charge in [-0.15, -0.1) is 0 Å². The van der Waals surface area contributed by atoms with Crippen molar-refractivity contribution in [2.45, 2.75) is 46.1 Å². The first-order chi connectivity index (χ1) is 20.9. The van der Waals surface area contributed by atoms with Crippen LogP contribution in [0.1, 0.15) is 45.1 Å². The van der Waals surface area contributed by atoms with Crippen molar-refractivity contribution in [3.63, 3.8) is 0 Å². The van der Waals surface area contributed by atoms with Gasteiger partial charge >= 0.3 is 6.09 Å². The summed E-state index contributed by atoms with van der Waals surface area (Å²) in [6.07, 6.45) is 5.94. The van der Waals surface area contributed by atoms with E-state index in [-0.39, 0.29) is 11.8 Å². The Morgan fingerprint density at radius 3 is 2.47 bits per heavy atom. The molecule has 1 aliphatic rings. The molecule has 0 aliphatic carbocycles. The second-order valence-electron chi connectivity index (χ2n) is 10.8. The first-order valence-corrected chi connectivity index (χ1v) is 14.9. The van der Waals surface area contributed by atoms with Gasteiger partial charge in [0.2, 0.25) is 5.95 Å². The smallest absolute Gasteiger partial charge is 0.410 e. The number of unbranched alkanes of at least 4 members (excludes halogenated alkanes) is 1. The number of non-ortho nitro benzene ring substituents is 1. The van der Waals surface area contributed by atoms with E-state index in [0.29, 0.717) is 67.3 Å². The molecule has 1 amide bonds. The molecule has 5 rings (SSSR count). The number of nitrogens with zero attached hydrogens (tertiary/aromatic N) is 7. The van der Waals surface area contributed by atoms with Crippen LogP contribution in [0.3, 0.4) is 0 Å². The summed E-state index contributed by atoms with van der Waals surface area (Å²) >= 11 is 0. The first kappa shape index (κ1) is 29.7. The Bertz CT molecular complexity index is 1520. The number of nitro groups is 1. The van der Waals surface area contributed by atoms with Crippen molar-refractivity contribution in [1.82, 2.24) is 24.4 Å². The summed E-state index contributed by atoms with van der Waals surface area (Å²) in [7, 11) is 0. The Morgan fingerprint density at radius 2 is 1.79 bits per heavy atom. The highest BCUT2D eigenvalue weighted by Crippen LogP contribution is 2.26. The molecule has 1 fully saturated rings. The quantitative estimate of drug-likeness (QED) is 0.163. The van der Waals surface area contributed by atoms with Crippen LogP contribution in [0.25, 0.3) is 11.2 Å². The number of para-hydroxylation sites is 1. The van der Waals surface area contributed by atoms with Crippen molar-refractivity contribution in [3.05, 3.63) is 76.6 Å². The predicted molar refractivity (Wildman–Crippen MR) is 166 cm³/mol. The Balaban J connectivity index is 1.36. The highest BCUT2D eigenvalue weighted by molar-refractivity contribution is 5.84. The fraction of sp³-hybridized carbons (Fsp3) is 0.419. The van der Waals surface area contributed by atoms with Crippen molar-refractivity contribution < 1.29 is 14.5 Å². The number of ether oxygens (including phenoxy) is 1. The average molecular weight is 587 g/mol. The maximum Gasteiger partial charge on any atom is 0.415 e. The van der Waals surface area contributed by atoms with Crippen LogP contribution >= 0.6 is 0 Å². The third-order valence-electron chi connectivity index (χ3n) is 7.82. The monoisotopic (exact) mass is 586 g/mol. The third kappa shape index (κ3) is 7.37. The molecule has 0 radical (unpaired) electrons. The average Bonchev–Trinajstić information content (AvgIpc) is 3.44. The molecule has 0 spiro atoms. The zero-order chi connectivity index (χ0) is 30.2. The van der Waals surface area contributed by atoms with Crippen LogP contribution in [0.15, 0.2) is 60.9 Å². The van der Waals surface area contributed by atoms with Crippen LogP contribution in [0, 0.1) is 16.0 Å². The number of carbonyl (C=O) groups excluding carboxylic acids is 1. The van der Waals surface area contributed by atoms with Crippen molar-refractivity contribution in [2.75, 3.05) is 42.9 Å². The van der Waals surface area contributed by atoms with Gasteiger partial charge in [-0.3, -0.25) is 10.1 Å². The van der Waals surface area contributed by atoms with Crippen LogP contribution in [0.5, 0.6) is 5.75 Å². The Kier molecular flexibility index (Phi) is 9.65. The summed E-state index contributed by atoms with van der Waals surface area (Å²) in [5, 5.41) is 14.7. The van der Waals surface area contributed by atoms with Crippen molar-refractivity contribution >= 4 is 34.7 Å². The van der Waals surface area contributed by atoms with Gasteiger partial charge < -0.3 is 24.4 Å². The minimum absolute atomic E-state index is 0.0516. The van der Waals surface area contributed by atoms with E-state index in [9.17, 15) is 14.9 Å². The predicted octanol–water partition coefficient (Wildman–Crippen LogP) is 5.73. The summed E-state index contributed by atoms with van der Waals surface area (Å²) in [5.74, 6) is 2.29. The first-order valence-electron chi connectivity index (χ1n) is 14.9. The Morgan fingerprint density at radius 1 is 1.05 bits per heavy atom. The number of benzene rings is 2. The zero-order valence-corrected chi connectivity index (χ0v) is 24.7. The molecule has 1 N–H and O–H groups in total. The number of nitrogens with one attached hydrogen (secondary N) is 1. The van der Waals surface area contributed by atoms with Gasteiger partial charge in [-0.25, -0.2) is 9.78 Å². The molecule has 1 unspecified atom stereocenters. The molecule has 1 atom stereocenters. The summed E-state index contributed by atoms with van der Waals surface area (Å²) in [5.41, 5.74) is 2.31. The van der Waals surface area contributed by atoms with Crippen LogP contribution in [-0.4, -0.2) is 68.2 Å². The highest BCUT2D eigenvalue weighted by atomic mass is 16.6. The number of hydrogen-bond donors (Lipinski definition) is 1. The van der Waals surface area contributed by atoms with Gasteiger partial charge in [-0.1, -0.05) is 63.4 Å². The van der Waals surface area contributed by atoms with E-state index in [2.05, 4.69) is 29.0 Å². The topological polar surface area (TPSA) is 132 Å². The molecular weight excluding hydrogens is 548 g/mol. The lowest BCUT2D eigenvalue weighted by atomic mass is 9.99. The summed E-state index contributed by atoms with van der Waals surface area (Å²) in [4.78, 5) is 41.7. The molecule has 1 saturated heterocycles. The van der Waals surface area contributed by atoms with E-state index in [0.717, 1.165) is 31.4 Å². The molecule has 2 aromatic carbocycles. The van der Waals surface area contributed by atoms with Crippen molar-refractivity contribution in [3.8, 4) is 5.75 Å². The minimum atomic E-state index is -0.404. The van der Waals surface area contributed by atoms with Crippen molar-refractivity contribution in [1.29, 1.82) is 0 Å². The van der Waals surface area contributed by atoms with Crippen LogP contribution < -0.4 is 15.0 Å². The van der Waals surface area contributed by atoms with Gasteiger partial charge in [0.25, 0.3) is 5.69 Å². The Hall–Kier alpha value is -4.74. The summed E-state index contributed by atoms with van der Waals surface area (Å²) < 4.78 is 7.46. The maximum atomic E-state index is 12.7. The largest absolute Gasteiger partial charge is 0.415 e. The van der Waals surface area contributed by atoms with Gasteiger partial charge in [-0.2, -0.15) is 9.97 Å². The number of hydrogen-bond acceptors (Lipinski definition) is 9. The molecule has 226 valence electrons. The van der Waals surface area contributed by atoms with E-state index >= 15 is 0 Å². The number of nitro benzene ring substituents is 1. The second kappa shape index (κ2) is 14.0. The van der Waals surface area contributed by atoms with E-state index in [4.69, 9.17) is 14.7 Å². The normalized spacial score (nSPS) is 14.1. The molecule has 4 aromatic rings. The number of piperazine rings is 1. The number of fused-ring (bicyclic) bond motifs is 1. The van der Waals surface area contributed by atoms with Gasteiger partial charge in [0.15, 0.2) is 17.0 Å². The molecule has 1 aliphatic heterocycles. The summed E-state index contributed by atoms with van der Waals surface area (Å²) in [6, 6.07) is 15.6. The number of carbonyl (C=O) groups is 1. The van der Waals surface area contributed by atoms with Crippen molar-refractivity contribution in [2.24, 2.45) is 5.92 Å². The summed E-state index contributed by atoms with van der Waals surface area (Å²) in [6.45, 7) is 7.73. The molecular formula is C31H38N8O4. The lowest BCUT2D eigenvalue weighted by Crippen LogP contribution is -2.50. The fourth-order valence-electron chi connectivity index (χ4n) is 5.16. The van der Waals surface area contributed by atoms with E-state index in [1.54, 1.807) is 35.5 Å². The molecule has 12 heteroatoms. The van der Waals surface area contributed by atoms with E-state index in [1.165, 1.54) is 18.6 Å². The number of aromatic nitrogens is 4. The zero-order valence-electron chi connectivity index (χ0n) is 24.7. The minimum Gasteiger partial charge on any atom is -0.410 e. The van der Waals surface area contributed by atoms with Crippen LogP contribution in [-0.2, 0) is 6.54 Å². The number of anilines is 2.